The van der Waals surface area contributed by atoms with Gasteiger partial charge in [-0.1, -0.05) is 12.8 Å². The Hall–Kier alpha value is -2.47. The summed E-state index contributed by atoms with van der Waals surface area (Å²) < 4.78 is 35.1. The van der Waals surface area contributed by atoms with Crippen molar-refractivity contribution in [3.05, 3.63) is 16.7 Å². The molecule has 2 aromatic rings. The number of H-pyrrole nitrogens is 1. The highest BCUT2D eigenvalue weighted by Gasteiger charge is 2.56. The lowest BCUT2D eigenvalue weighted by molar-refractivity contribution is -0.175. The molecule has 0 aliphatic carbocycles. The first kappa shape index (κ1) is 14.5. The Morgan fingerprint density at radius 3 is 3.05 bits per heavy atom. The molecule has 1 aliphatic heterocycles. The van der Waals surface area contributed by atoms with E-state index in [9.17, 15) is 13.6 Å². The highest BCUT2D eigenvalue weighted by atomic mass is 19.2. The van der Waals surface area contributed by atoms with Crippen molar-refractivity contribution < 1.29 is 13.5 Å². The smallest absolute Gasteiger partial charge is 0.280 e. The number of halogens is 2. The van der Waals surface area contributed by atoms with E-state index in [1.54, 1.807) is 0 Å². The molecule has 0 spiro atoms. The van der Waals surface area contributed by atoms with Crippen LogP contribution in [0.2, 0.25) is 0 Å². The molecule has 116 valence electrons. The first-order valence-corrected chi connectivity index (χ1v) is 6.60. The molecule has 2 unspecified atom stereocenters. The second-order valence-corrected chi connectivity index (χ2v) is 5.02. The summed E-state index contributed by atoms with van der Waals surface area (Å²) in [6.07, 6.45) is 3.16. The van der Waals surface area contributed by atoms with Gasteiger partial charge < -0.3 is 10.5 Å². The summed E-state index contributed by atoms with van der Waals surface area (Å²) >= 11 is 0. The predicted molar refractivity (Wildman–Crippen MR) is 74.0 cm³/mol. The molecule has 0 radical (unpaired) electrons. The molecular weight excluding hydrogens is 296 g/mol. The van der Waals surface area contributed by atoms with Gasteiger partial charge in [0.2, 0.25) is 11.8 Å². The number of anilines is 1. The summed E-state index contributed by atoms with van der Waals surface area (Å²) in [5.41, 5.74) is 4.97. The third-order valence-corrected chi connectivity index (χ3v) is 3.75. The van der Waals surface area contributed by atoms with E-state index in [4.69, 9.17) is 16.9 Å². The number of ether oxygens (including phenoxy) is 1. The van der Waals surface area contributed by atoms with Gasteiger partial charge in [0.05, 0.1) is 6.33 Å². The fourth-order valence-corrected chi connectivity index (χ4v) is 2.56. The lowest BCUT2D eigenvalue weighted by atomic mass is 9.99. The number of nitrogens with one attached hydrogen (secondary N) is 1. The van der Waals surface area contributed by atoms with E-state index in [1.165, 1.54) is 17.8 Å². The molecule has 9 heteroatoms. The van der Waals surface area contributed by atoms with Gasteiger partial charge in [0.1, 0.15) is 5.92 Å². The maximum absolute atomic E-state index is 14.4. The Morgan fingerprint density at radius 1 is 1.68 bits per heavy atom. The van der Waals surface area contributed by atoms with Crippen molar-refractivity contribution in [2.75, 3.05) is 5.73 Å². The van der Waals surface area contributed by atoms with E-state index in [-0.39, 0.29) is 23.5 Å². The molecule has 3 heterocycles. The van der Waals surface area contributed by atoms with Gasteiger partial charge in [0.25, 0.3) is 5.56 Å². The number of aromatic nitrogens is 4. The molecule has 1 fully saturated rings. The van der Waals surface area contributed by atoms with Crippen LogP contribution < -0.4 is 11.3 Å². The van der Waals surface area contributed by atoms with E-state index >= 15 is 0 Å². The van der Waals surface area contributed by atoms with Gasteiger partial charge in [-0.15, -0.1) is 6.42 Å². The van der Waals surface area contributed by atoms with E-state index < -0.39 is 29.7 Å². The van der Waals surface area contributed by atoms with Crippen LogP contribution in [-0.4, -0.2) is 31.5 Å². The molecule has 0 saturated carbocycles. The van der Waals surface area contributed by atoms with E-state index in [0.717, 1.165) is 0 Å². The third kappa shape index (κ3) is 1.88. The summed E-state index contributed by atoms with van der Waals surface area (Å²) in [6.45, 7) is 1.45. The molecule has 0 aromatic carbocycles. The van der Waals surface area contributed by atoms with E-state index in [1.807, 2.05) is 0 Å². The number of nitrogen functional groups attached to an aromatic ring is 1. The molecule has 3 N–H and O–H groups in total. The standard InChI is InChI=1S/C13H13F2N5O2/c1-3-6-8(14)13(15,4-2)22-11(6)20-5-17-7-9(20)18-12(16)19-10(7)21/h1,5-6,8,11H,4H2,2H3,(H3,16,18,19,21)/t6?,8-,11?,13+/m0/s1. The molecule has 0 amide bonds. The number of nitrogens with zero attached hydrogens (tertiary/aromatic N) is 3. The molecule has 2 aromatic heterocycles. The Balaban J connectivity index is 2.16. The van der Waals surface area contributed by atoms with Crippen molar-refractivity contribution in [1.82, 2.24) is 19.5 Å². The minimum absolute atomic E-state index is 0.0168. The first-order valence-electron chi connectivity index (χ1n) is 6.60. The number of imidazole rings is 1. The van der Waals surface area contributed by atoms with E-state index in [2.05, 4.69) is 20.9 Å². The number of rotatable bonds is 2. The first-order chi connectivity index (χ1) is 10.4. The highest BCUT2D eigenvalue weighted by Crippen LogP contribution is 2.46. The van der Waals surface area contributed by atoms with Crippen LogP contribution in [0.3, 0.4) is 0 Å². The fraction of sp³-hybridized carbons (Fsp3) is 0.462. The molecular formula is C13H13F2N5O2. The number of hydrogen-bond donors (Lipinski definition) is 2. The van der Waals surface area contributed by atoms with Crippen LogP contribution in [0.4, 0.5) is 14.7 Å². The number of hydrogen-bond acceptors (Lipinski definition) is 5. The normalized spacial score (nSPS) is 31.5. The summed E-state index contributed by atoms with van der Waals surface area (Å²) in [7, 11) is 0. The minimum Gasteiger partial charge on any atom is -0.369 e. The summed E-state index contributed by atoms with van der Waals surface area (Å²) in [6, 6.07) is 0. The quantitative estimate of drug-likeness (QED) is 0.803. The Labute approximate surface area is 123 Å². The van der Waals surface area contributed by atoms with Gasteiger partial charge >= 0.3 is 0 Å². The van der Waals surface area contributed by atoms with Gasteiger partial charge in [-0.3, -0.25) is 14.3 Å². The van der Waals surface area contributed by atoms with Gasteiger partial charge in [0.15, 0.2) is 23.6 Å². The number of fused-ring (bicyclic) bond motifs is 1. The van der Waals surface area contributed by atoms with Crippen molar-refractivity contribution in [2.45, 2.75) is 31.6 Å². The molecule has 22 heavy (non-hydrogen) atoms. The Kier molecular flexibility index (Phi) is 3.14. The molecule has 3 rings (SSSR count). The number of alkyl halides is 2. The fourth-order valence-electron chi connectivity index (χ4n) is 2.56. The van der Waals surface area contributed by atoms with Crippen LogP contribution >= 0.6 is 0 Å². The Morgan fingerprint density at radius 2 is 2.41 bits per heavy atom. The molecule has 7 nitrogen and oxygen atoms in total. The van der Waals surface area contributed by atoms with Crippen molar-refractivity contribution in [1.29, 1.82) is 0 Å². The number of terminal acetylenes is 1. The van der Waals surface area contributed by atoms with Gasteiger partial charge in [-0.2, -0.15) is 4.98 Å². The predicted octanol–water partition coefficient (Wildman–Crippen LogP) is 0.894. The lowest BCUT2D eigenvalue weighted by Gasteiger charge is -2.19. The SMILES string of the molecule is C#CC1C(n2cnc3c(=O)[nH]c(N)nc32)O[C@](F)(CC)[C@H]1F. The molecule has 4 atom stereocenters. The maximum atomic E-state index is 14.4. The average molecular weight is 309 g/mol. The van der Waals surface area contributed by atoms with Gasteiger partial charge in [-0.25, -0.2) is 13.8 Å². The third-order valence-electron chi connectivity index (χ3n) is 3.75. The van der Waals surface area contributed by atoms with Crippen molar-refractivity contribution in [3.8, 4) is 12.3 Å². The van der Waals surface area contributed by atoms with Crippen molar-refractivity contribution >= 4 is 17.1 Å². The largest absolute Gasteiger partial charge is 0.369 e. The zero-order valence-corrected chi connectivity index (χ0v) is 11.6. The van der Waals surface area contributed by atoms with Gasteiger partial charge in [-0.05, 0) is 0 Å². The second-order valence-electron chi connectivity index (χ2n) is 5.02. The van der Waals surface area contributed by atoms with Crippen molar-refractivity contribution in [2.24, 2.45) is 5.92 Å². The lowest BCUT2D eigenvalue weighted by Crippen LogP contribution is -2.32. The molecule has 0 bridgehead atoms. The van der Waals surface area contributed by atoms with E-state index in [0.29, 0.717) is 0 Å². The zero-order valence-electron chi connectivity index (χ0n) is 11.6. The number of nitrogens with two attached hydrogens (primary N) is 1. The summed E-state index contributed by atoms with van der Waals surface area (Å²) in [5.74, 6) is -1.61. The molecule has 1 aliphatic rings. The maximum Gasteiger partial charge on any atom is 0.280 e. The molecule has 1 saturated heterocycles. The Bertz CT molecular complexity index is 826. The van der Waals surface area contributed by atoms with Crippen LogP contribution in [0.1, 0.15) is 19.6 Å². The summed E-state index contributed by atoms with van der Waals surface area (Å²) in [5, 5.41) is 0. The zero-order chi connectivity index (χ0) is 16.1. The van der Waals surface area contributed by atoms with Crippen LogP contribution in [0.5, 0.6) is 0 Å². The van der Waals surface area contributed by atoms with Crippen LogP contribution in [0.25, 0.3) is 11.2 Å². The van der Waals surface area contributed by atoms with Crippen LogP contribution in [0.15, 0.2) is 11.1 Å². The second kappa shape index (κ2) is 4.78. The summed E-state index contributed by atoms with van der Waals surface area (Å²) in [4.78, 5) is 21.8. The van der Waals surface area contributed by atoms with Crippen LogP contribution in [0, 0.1) is 18.3 Å². The van der Waals surface area contributed by atoms with Gasteiger partial charge in [0, 0.05) is 6.42 Å². The monoisotopic (exact) mass is 309 g/mol. The topological polar surface area (TPSA) is 98.8 Å². The number of aromatic amines is 1. The van der Waals surface area contributed by atoms with Crippen molar-refractivity contribution in [3.63, 3.8) is 0 Å². The van der Waals surface area contributed by atoms with Crippen LogP contribution in [-0.2, 0) is 4.74 Å². The highest BCUT2D eigenvalue weighted by molar-refractivity contribution is 5.70. The minimum atomic E-state index is -2.49. The average Bonchev–Trinajstić information content (AvgIpc) is 3.00.